The molecule has 2 fully saturated rings. The summed E-state index contributed by atoms with van der Waals surface area (Å²) in [4.78, 5) is 2.51. The van der Waals surface area contributed by atoms with Crippen LogP contribution in [-0.2, 0) is 0 Å². The summed E-state index contributed by atoms with van der Waals surface area (Å²) in [7, 11) is 0. The lowest BCUT2D eigenvalue weighted by atomic mass is 9.80. The van der Waals surface area contributed by atoms with Crippen LogP contribution in [0.1, 0.15) is 43.7 Å². The monoisotopic (exact) mass is 310 g/mol. The van der Waals surface area contributed by atoms with E-state index in [0.717, 1.165) is 31.7 Å². The van der Waals surface area contributed by atoms with Gasteiger partial charge in [-0.2, -0.15) is 0 Å². The molecule has 1 aliphatic carbocycles. The highest BCUT2D eigenvalue weighted by Gasteiger charge is 2.32. The Labute approximate surface area is 131 Å². The Morgan fingerprint density at radius 2 is 1.86 bits per heavy atom. The van der Waals surface area contributed by atoms with Crippen LogP contribution in [0.15, 0.2) is 18.2 Å². The van der Waals surface area contributed by atoms with E-state index in [4.69, 9.17) is 11.6 Å². The fraction of sp³-hybridized carbons (Fsp3) is 0.647. The Bertz CT molecular complexity index is 450. The summed E-state index contributed by atoms with van der Waals surface area (Å²) >= 11 is 6.31. The molecule has 0 unspecified atom stereocenters. The van der Waals surface area contributed by atoms with Crippen molar-refractivity contribution in [2.75, 3.05) is 26.2 Å². The van der Waals surface area contributed by atoms with Gasteiger partial charge in [0.25, 0.3) is 0 Å². The smallest absolute Gasteiger partial charge is 0.142 e. The minimum absolute atomic E-state index is 0.274. The molecule has 21 heavy (non-hydrogen) atoms. The Morgan fingerprint density at radius 3 is 2.57 bits per heavy atom. The quantitative estimate of drug-likeness (QED) is 0.907. The van der Waals surface area contributed by atoms with Crippen LogP contribution in [0.3, 0.4) is 0 Å². The SMILES string of the molecule is Fc1cccc([C@@H](C2CCCCC2)N2CCNCC2)c1Cl. The van der Waals surface area contributed by atoms with E-state index in [9.17, 15) is 4.39 Å². The predicted molar refractivity (Wildman–Crippen MR) is 85.2 cm³/mol. The van der Waals surface area contributed by atoms with Crippen LogP contribution in [0, 0.1) is 11.7 Å². The number of nitrogens with one attached hydrogen (secondary N) is 1. The summed E-state index contributed by atoms with van der Waals surface area (Å²) in [6, 6.07) is 5.55. The van der Waals surface area contributed by atoms with Gasteiger partial charge in [-0.05, 0) is 30.4 Å². The maximum absolute atomic E-state index is 13.9. The normalized spacial score (nSPS) is 23.1. The van der Waals surface area contributed by atoms with E-state index < -0.39 is 0 Å². The second-order valence-corrected chi connectivity index (χ2v) is 6.65. The highest BCUT2D eigenvalue weighted by molar-refractivity contribution is 6.31. The number of benzene rings is 1. The number of halogens is 2. The van der Waals surface area contributed by atoms with Gasteiger partial charge in [-0.3, -0.25) is 4.90 Å². The van der Waals surface area contributed by atoms with Crippen LogP contribution >= 0.6 is 11.6 Å². The standard InChI is InChI=1S/C17H24ClFN2/c18-16-14(7-4-8-15(16)19)17(13-5-2-1-3-6-13)21-11-9-20-10-12-21/h4,7-8,13,17,20H,1-3,5-6,9-12H2/t17-/m1/s1. The molecule has 3 rings (SSSR count). The average Bonchev–Trinajstić information content (AvgIpc) is 2.54. The molecule has 0 radical (unpaired) electrons. The first-order valence-corrected chi connectivity index (χ1v) is 8.54. The van der Waals surface area contributed by atoms with Crippen LogP contribution < -0.4 is 5.32 Å². The van der Waals surface area contributed by atoms with E-state index in [0.29, 0.717) is 10.9 Å². The van der Waals surface area contributed by atoms with Crippen molar-refractivity contribution in [1.29, 1.82) is 0 Å². The topological polar surface area (TPSA) is 15.3 Å². The number of piperazine rings is 1. The molecule has 1 N–H and O–H groups in total. The van der Waals surface area contributed by atoms with Gasteiger partial charge in [-0.25, -0.2) is 4.39 Å². The molecule has 1 aromatic rings. The molecule has 2 aliphatic rings. The lowest BCUT2D eigenvalue weighted by Gasteiger charge is -2.41. The van der Waals surface area contributed by atoms with Gasteiger partial charge in [-0.1, -0.05) is 43.0 Å². The molecule has 1 atom stereocenters. The zero-order valence-corrected chi connectivity index (χ0v) is 13.2. The van der Waals surface area contributed by atoms with E-state index >= 15 is 0 Å². The van der Waals surface area contributed by atoms with Crippen molar-refractivity contribution >= 4 is 11.6 Å². The number of rotatable bonds is 3. The largest absolute Gasteiger partial charge is 0.314 e. The molecule has 116 valence electrons. The summed E-state index contributed by atoms with van der Waals surface area (Å²) in [6.45, 7) is 4.06. The third-order valence-corrected chi connectivity index (χ3v) is 5.34. The first kappa shape index (κ1) is 15.3. The maximum Gasteiger partial charge on any atom is 0.142 e. The number of nitrogens with zero attached hydrogens (tertiary/aromatic N) is 1. The second-order valence-electron chi connectivity index (χ2n) is 6.27. The summed E-state index contributed by atoms with van der Waals surface area (Å²) in [5.74, 6) is 0.321. The summed E-state index contributed by atoms with van der Waals surface area (Å²) in [6.07, 6.45) is 6.39. The Hall–Kier alpha value is -0.640. The lowest BCUT2D eigenvalue weighted by Crippen LogP contribution is -2.47. The van der Waals surface area contributed by atoms with Crippen molar-refractivity contribution in [1.82, 2.24) is 10.2 Å². The van der Waals surface area contributed by atoms with E-state index in [1.165, 1.54) is 38.2 Å². The zero-order chi connectivity index (χ0) is 14.7. The van der Waals surface area contributed by atoms with E-state index in [1.807, 2.05) is 6.07 Å². The van der Waals surface area contributed by atoms with Gasteiger partial charge in [0.2, 0.25) is 0 Å². The summed E-state index contributed by atoms with van der Waals surface area (Å²) in [5.41, 5.74) is 0.991. The molecular formula is C17H24ClFN2. The fourth-order valence-electron chi connectivity index (χ4n) is 3.91. The third-order valence-electron chi connectivity index (χ3n) is 4.94. The van der Waals surface area contributed by atoms with Gasteiger partial charge in [0.1, 0.15) is 5.82 Å². The third kappa shape index (κ3) is 3.41. The van der Waals surface area contributed by atoms with Crippen LogP contribution in [-0.4, -0.2) is 31.1 Å². The van der Waals surface area contributed by atoms with Crippen molar-refractivity contribution < 1.29 is 4.39 Å². The molecule has 1 aromatic carbocycles. The molecule has 2 nitrogen and oxygen atoms in total. The van der Waals surface area contributed by atoms with Crippen molar-refractivity contribution in [3.8, 4) is 0 Å². The van der Waals surface area contributed by atoms with Crippen LogP contribution in [0.25, 0.3) is 0 Å². The Morgan fingerprint density at radius 1 is 1.14 bits per heavy atom. The first-order valence-electron chi connectivity index (χ1n) is 8.16. The first-order chi connectivity index (χ1) is 10.3. The molecule has 1 saturated carbocycles. The van der Waals surface area contributed by atoms with E-state index in [2.05, 4.69) is 10.2 Å². The van der Waals surface area contributed by atoms with Crippen LogP contribution in [0.4, 0.5) is 4.39 Å². The Balaban J connectivity index is 1.91. The Kier molecular flexibility index (Phi) is 5.15. The second kappa shape index (κ2) is 7.08. The van der Waals surface area contributed by atoms with E-state index in [1.54, 1.807) is 6.07 Å². The van der Waals surface area contributed by atoms with Crippen molar-refractivity contribution in [3.63, 3.8) is 0 Å². The van der Waals surface area contributed by atoms with Crippen LogP contribution in [0.2, 0.25) is 5.02 Å². The predicted octanol–water partition coefficient (Wildman–Crippen LogP) is 4.01. The summed E-state index contributed by atoms with van der Waals surface area (Å²) < 4.78 is 13.9. The van der Waals surface area contributed by atoms with Crippen molar-refractivity contribution in [3.05, 3.63) is 34.6 Å². The summed E-state index contributed by atoms with van der Waals surface area (Å²) in [5, 5.41) is 3.73. The number of hydrogen-bond acceptors (Lipinski definition) is 2. The van der Waals surface area contributed by atoms with Gasteiger partial charge < -0.3 is 5.32 Å². The molecule has 1 saturated heterocycles. The molecule has 0 bridgehead atoms. The molecule has 1 aliphatic heterocycles. The minimum Gasteiger partial charge on any atom is -0.314 e. The maximum atomic E-state index is 13.9. The molecule has 0 spiro atoms. The van der Waals surface area contributed by atoms with Gasteiger partial charge >= 0.3 is 0 Å². The lowest BCUT2D eigenvalue weighted by molar-refractivity contribution is 0.103. The highest BCUT2D eigenvalue weighted by atomic mass is 35.5. The highest BCUT2D eigenvalue weighted by Crippen LogP contribution is 2.41. The van der Waals surface area contributed by atoms with Gasteiger partial charge in [0, 0.05) is 32.2 Å². The van der Waals surface area contributed by atoms with Crippen LogP contribution in [0.5, 0.6) is 0 Å². The van der Waals surface area contributed by atoms with Crippen molar-refractivity contribution in [2.45, 2.75) is 38.1 Å². The van der Waals surface area contributed by atoms with Gasteiger partial charge in [0.05, 0.1) is 5.02 Å². The van der Waals surface area contributed by atoms with Crippen molar-refractivity contribution in [2.24, 2.45) is 5.92 Å². The molecule has 0 amide bonds. The molecule has 4 heteroatoms. The minimum atomic E-state index is -0.287. The molecule has 1 heterocycles. The molecular weight excluding hydrogens is 287 g/mol. The average molecular weight is 311 g/mol. The number of hydrogen-bond donors (Lipinski definition) is 1. The zero-order valence-electron chi connectivity index (χ0n) is 12.5. The fourth-order valence-corrected chi connectivity index (χ4v) is 4.15. The van der Waals surface area contributed by atoms with E-state index in [-0.39, 0.29) is 11.9 Å². The van der Waals surface area contributed by atoms with Gasteiger partial charge in [0.15, 0.2) is 0 Å². The molecule has 0 aromatic heterocycles. The van der Waals surface area contributed by atoms with Gasteiger partial charge in [-0.15, -0.1) is 0 Å².